The largest absolute Gasteiger partial charge is 0.493 e. The first-order chi connectivity index (χ1) is 9.72. The molecule has 1 aliphatic carbocycles. The molecule has 0 bridgehead atoms. The number of ether oxygens (including phenoxy) is 2. The number of methoxy groups -OCH3 is 1. The predicted octanol–water partition coefficient (Wildman–Crippen LogP) is 1.46. The summed E-state index contributed by atoms with van der Waals surface area (Å²) in [4.78, 5) is 11.1. The highest BCUT2D eigenvalue weighted by atomic mass is 16.5. The molecule has 5 heteroatoms. The number of benzene rings is 1. The van der Waals surface area contributed by atoms with Crippen molar-refractivity contribution in [1.29, 1.82) is 0 Å². The van der Waals surface area contributed by atoms with E-state index in [4.69, 9.17) is 9.47 Å². The van der Waals surface area contributed by atoms with Crippen molar-refractivity contribution in [3.05, 3.63) is 23.8 Å². The first kappa shape index (κ1) is 14.7. The summed E-state index contributed by atoms with van der Waals surface area (Å²) in [6.45, 7) is 1.19. The lowest BCUT2D eigenvalue weighted by molar-refractivity contribution is -0.121. The Morgan fingerprint density at radius 2 is 2.15 bits per heavy atom. The van der Waals surface area contributed by atoms with E-state index in [2.05, 4.69) is 10.6 Å². The summed E-state index contributed by atoms with van der Waals surface area (Å²) < 4.78 is 10.9. The minimum Gasteiger partial charge on any atom is -0.493 e. The number of hydrogen-bond donors (Lipinski definition) is 2. The zero-order valence-corrected chi connectivity index (χ0v) is 12.1. The SMILES string of the molecule is CNC(=O)CCOc1ccc(CNC2CC2)cc1OC. The Labute approximate surface area is 119 Å². The molecular weight excluding hydrogens is 256 g/mol. The van der Waals surface area contributed by atoms with Crippen molar-refractivity contribution in [2.75, 3.05) is 20.8 Å². The highest BCUT2D eigenvalue weighted by Crippen LogP contribution is 2.28. The van der Waals surface area contributed by atoms with Gasteiger partial charge in [0.25, 0.3) is 0 Å². The van der Waals surface area contributed by atoms with Gasteiger partial charge >= 0.3 is 0 Å². The van der Waals surface area contributed by atoms with Gasteiger partial charge in [0.2, 0.25) is 5.91 Å². The van der Waals surface area contributed by atoms with Crippen molar-refractivity contribution in [3.8, 4) is 11.5 Å². The van der Waals surface area contributed by atoms with Gasteiger partial charge in [-0.2, -0.15) is 0 Å². The zero-order valence-electron chi connectivity index (χ0n) is 12.1. The van der Waals surface area contributed by atoms with Crippen molar-refractivity contribution < 1.29 is 14.3 Å². The van der Waals surface area contributed by atoms with Crippen LogP contribution in [0.3, 0.4) is 0 Å². The third-order valence-corrected chi connectivity index (χ3v) is 3.27. The number of carbonyl (C=O) groups excluding carboxylic acids is 1. The Morgan fingerprint density at radius 1 is 1.35 bits per heavy atom. The Hall–Kier alpha value is -1.75. The van der Waals surface area contributed by atoms with E-state index >= 15 is 0 Å². The number of hydrogen-bond acceptors (Lipinski definition) is 4. The van der Waals surface area contributed by atoms with Crippen LogP contribution in [0.15, 0.2) is 18.2 Å². The summed E-state index contributed by atoms with van der Waals surface area (Å²) in [5, 5.41) is 6.02. The van der Waals surface area contributed by atoms with Crippen LogP contribution in [0.1, 0.15) is 24.8 Å². The van der Waals surface area contributed by atoms with Gasteiger partial charge < -0.3 is 20.1 Å². The maximum atomic E-state index is 11.1. The minimum atomic E-state index is -0.0331. The molecule has 1 aliphatic rings. The molecule has 0 atom stereocenters. The highest BCUT2D eigenvalue weighted by Gasteiger charge is 2.20. The van der Waals surface area contributed by atoms with Crippen LogP contribution in [-0.2, 0) is 11.3 Å². The molecule has 0 unspecified atom stereocenters. The van der Waals surface area contributed by atoms with Gasteiger partial charge in [0, 0.05) is 19.6 Å². The van der Waals surface area contributed by atoms with Gasteiger partial charge in [0.15, 0.2) is 11.5 Å². The van der Waals surface area contributed by atoms with E-state index in [1.807, 2.05) is 18.2 Å². The second-order valence-corrected chi connectivity index (χ2v) is 4.91. The fourth-order valence-electron chi connectivity index (χ4n) is 1.87. The van der Waals surface area contributed by atoms with Crippen molar-refractivity contribution >= 4 is 5.91 Å². The van der Waals surface area contributed by atoms with Crippen LogP contribution < -0.4 is 20.1 Å². The standard InChI is InChI=1S/C15H22N2O3/c1-16-15(18)7-8-20-13-6-3-11(9-14(13)19-2)10-17-12-4-5-12/h3,6,9,12,17H,4-5,7-8,10H2,1-2H3,(H,16,18). The van der Waals surface area contributed by atoms with Gasteiger partial charge in [-0.05, 0) is 30.5 Å². The van der Waals surface area contributed by atoms with Gasteiger partial charge in [0.1, 0.15) is 0 Å². The number of carbonyl (C=O) groups is 1. The maximum Gasteiger partial charge on any atom is 0.223 e. The third-order valence-electron chi connectivity index (χ3n) is 3.27. The third kappa shape index (κ3) is 4.42. The lowest BCUT2D eigenvalue weighted by atomic mass is 10.2. The molecule has 0 spiro atoms. The lowest BCUT2D eigenvalue weighted by Gasteiger charge is -2.12. The topological polar surface area (TPSA) is 59.6 Å². The Kier molecular flexibility index (Phi) is 5.24. The molecule has 2 N–H and O–H groups in total. The van der Waals surface area contributed by atoms with Crippen LogP contribution in [-0.4, -0.2) is 32.7 Å². The summed E-state index contributed by atoms with van der Waals surface area (Å²) in [6.07, 6.45) is 2.89. The van der Waals surface area contributed by atoms with E-state index in [9.17, 15) is 4.79 Å². The summed E-state index contributed by atoms with van der Waals surface area (Å²) in [5.41, 5.74) is 1.17. The molecule has 0 saturated heterocycles. The molecule has 1 aromatic rings. The average Bonchev–Trinajstić information content (AvgIpc) is 3.29. The van der Waals surface area contributed by atoms with Gasteiger partial charge in [0.05, 0.1) is 20.1 Å². The van der Waals surface area contributed by atoms with E-state index < -0.39 is 0 Å². The van der Waals surface area contributed by atoms with Gasteiger partial charge in [-0.1, -0.05) is 6.07 Å². The summed E-state index contributed by atoms with van der Waals surface area (Å²) >= 11 is 0. The molecule has 1 fully saturated rings. The molecule has 110 valence electrons. The van der Waals surface area contributed by atoms with Crippen LogP contribution in [0.4, 0.5) is 0 Å². The molecule has 5 nitrogen and oxygen atoms in total. The Bertz CT molecular complexity index is 458. The molecule has 1 aromatic carbocycles. The van der Waals surface area contributed by atoms with E-state index in [0.29, 0.717) is 30.6 Å². The van der Waals surface area contributed by atoms with Crippen LogP contribution >= 0.6 is 0 Å². The van der Waals surface area contributed by atoms with Crippen LogP contribution in [0.2, 0.25) is 0 Å². The summed E-state index contributed by atoms with van der Waals surface area (Å²) in [6, 6.07) is 6.58. The highest BCUT2D eigenvalue weighted by molar-refractivity contribution is 5.75. The fourth-order valence-corrected chi connectivity index (χ4v) is 1.87. The van der Waals surface area contributed by atoms with E-state index in [1.165, 1.54) is 18.4 Å². The van der Waals surface area contributed by atoms with Crippen molar-refractivity contribution in [1.82, 2.24) is 10.6 Å². The monoisotopic (exact) mass is 278 g/mol. The van der Waals surface area contributed by atoms with Crippen LogP contribution in [0, 0.1) is 0 Å². The Balaban J connectivity index is 1.88. The molecule has 0 radical (unpaired) electrons. The second-order valence-electron chi connectivity index (χ2n) is 4.91. The molecule has 1 amide bonds. The number of nitrogens with one attached hydrogen (secondary N) is 2. The van der Waals surface area contributed by atoms with E-state index in [0.717, 1.165) is 6.54 Å². The van der Waals surface area contributed by atoms with E-state index in [-0.39, 0.29) is 5.91 Å². The normalized spacial score (nSPS) is 13.9. The maximum absolute atomic E-state index is 11.1. The first-order valence-electron chi connectivity index (χ1n) is 6.96. The number of amides is 1. The van der Waals surface area contributed by atoms with Crippen molar-refractivity contribution in [2.45, 2.75) is 31.8 Å². The molecule has 0 heterocycles. The molecule has 1 saturated carbocycles. The smallest absolute Gasteiger partial charge is 0.223 e. The van der Waals surface area contributed by atoms with Crippen molar-refractivity contribution in [3.63, 3.8) is 0 Å². The van der Waals surface area contributed by atoms with Crippen molar-refractivity contribution in [2.24, 2.45) is 0 Å². The summed E-state index contributed by atoms with van der Waals surface area (Å²) in [7, 11) is 3.24. The first-order valence-corrected chi connectivity index (χ1v) is 6.96. The molecule has 0 aliphatic heterocycles. The van der Waals surface area contributed by atoms with Gasteiger partial charge in [-0.15, -0.1) is 0 Å². The zero-order chi connectivity index (χ0) is 14.4. The number of rotatable bonds is 8. The van der Waals surface area contributed by atoms with E-state index in [1.54, 1.807) is 14.2 Å². The average molecular weight is 278 g/mol. The summed E-state index contributed by atoms with van der Waals surface area (Å²) in [5.74, 6) is 1.35. The van der Waals surface area contributed by atoms with Gasteiger partial charge in [-0.25, -0.2) is 0 Å². The van der Waals surface area contributed by atoms with Gasteiger partial charge in [-0.3, -0.25) is 4.79 Å². The molecule has 20 heavy (non-hydrogen) atoms. The predicted molar refractivity (Wildman–Crippen MR) is 77.0 cm³/mol. The molecule has 2 rings (SSSR count). The van der Waals surface area contributed by atoms with Crippen LogP contribution in [0.25, 0.3) is 0 Å². The second kappa shape index (κ2) is 7.14. The Morgan fingerprint density at radius 3 is 2.80 bits per heavy atom. The molecular formula is C15H22N2O3. The van der Waals surface area contributed by atoms with Crippen LogP contribution in [0.5, 0.6) is 11.5 Å². The lowest BCUT2D eigenvalue weighted by Crippen LogP contribution is -2.20. The fraction of sp³-hybridized carbons (Fsp3) is 0.533. The minimum absolute atomic E-state index is 0.0331. The quantitative estimate of drug-likeness (QED) is 0.756. The molecule has 0 aromatic heterocycles.